The zero-order chi connectivity index (χ0) is 8.27. The second-order valence-electron chi connectivity index (χ2n) is 1.81. The highest BCUT2D eigenvalue weighted by atomic mass is 79.9. The van der Waals surface area contributed by atoms with Gasteiger partial charge in [0.1, 0.15) is 10.3 Å². The van der Waals surface area contributed by atoms with Crippen molar-refractivity contribution in [1.29, 1.82) is 0 Å². The van der Waals surface area contributed by atoms with Crippen LogP contribution >= 0.6 is 15.9 Å². The summed E-state index contributed by atoms with van der Waals surface area (Å²) in [6.45, 7) is 0. The van der Waals surface area contributed by atoms with Crippen molar-refractivity contribution in [2.75, 3.05) is 7.05 Å². The quantitative estimate of drug-likeness (QED) is 0.747. The molecule has 0 aliphatic heterocycles. The molecule has 0 bridgehead atoms. The van der Waals surface area contributed by atoms with Crippen molar-refractivity contribution in [3.63, 3.8) is 0 Å². The molecule has 1 heterocycles. The molecule has 0 unspecified atom stereocenters. The van der Waals surface area contributed by atoms with Gasteiger partial charge in [0.25, 0.3) is 5.91 Å². The average molecular weight is 216 g/mol. The summed E-state index contributed by atoms with van der Waals surface area (Å²) in [5, 5.41) is 2.45. The van der Waals surface area contributed by atoms with Gasteiger partial charge in [-0.25, -0.2) is 4.98 Å². The highest BCUT2D eigenvalue weighted by molar-refractivity contribution is 9.10. The predicted octanol–water partition coefficient (Wildman–Crippen LogP) is 0.599. The molecule has 1 aromatic rings. The van der Waals surface area contributed by atoms with E-state index in [0.717, 1.165) is 0 Å². The number of amides is 1. The smallest absolute Gasteiger partial charge is 0.271 e. The highest BCUT2D eigenvalue weighted by Gasteiger charge is 2.03. The lowest BCUT2D eigenvalue weighted by Gasteiger charge is -1.96. The van der Waals surface area contributed by atoms with Crippen LogP contribution in [-0.2, 0) is 0 Å². The predicted molar refractivity (Wildman–Crippen MR) is 43.1 cm³/mol. The summed E-state index contributed by atoms with van der Waals surface area (Å²) < 4.78 is 0.554. The van der Waals surface area contributed by atoms with E-state index in [0.29, 0.717) is 10.3 Å². The molecule has 5 heteroatoms. The second-order valence-corrected chi connectivity index (χ2v) is 2.62. The number of carbonyl (C=O) groups excluding carboxylic acids is 1. The van der Waals surface area contributed by atoms with E-state index in [4.69, 9.17) is 0 Å². The summed E-state index contributed by atoms with van der Waals surface area (Å²) in [5.41, 5.74) is 0.307. The Bertz CT molecular complexity index is 276. The highest BCUT2D eigenvalue weighted by Crippen LogP contribution is 2.02. The first-order chi connectivity index (χ1) is 5.24. The number of nitrogens with one attached hydrogen (secondary N) is 1. The van der Waals surface area contributed by atoms with Crippen LogP contribution in [0.3, 0.4) is 0 Å². The van der Waals surface area contributed by atoms with Gasteiger partial charge in [-0.1, -0.05) is 0 Å². The third kappa shape index (κ3) is 1.98. The fourth-order valence-corrected chi connectivity index (χ4v) is 0.889. The van der Waals surface area contributed by atoms with E-state index in [1.54, 1.807) is 7.05 Å². The molecule has 0 aromatic carbocycles. The van der Waals surface area contributed by atoms with Gasteiger partial charge < -0.3 is 5.32 Å². The number of nitrogens with zero attached hydrogens (tertiary/aromatic N) is 2. The first-order valence-electron chi connectivity index (χ1n) is 2.93. The van der Waals surface area contributed by atoms with Crippen LogP contribution < -0.4 is 5.32 Å². The van der Waals surface area contributed by atoms with Crippen molar-refractivity contribution in [3.05, 3.63) is 22.7 Å². The average Bonchev–Trinajstić information content (AvgIpc) is 2.03. The molecule has 0 saturated heterocycles. The molecule has 0 atom stereocenters. The standard InChI is InChI=1S/C6H6BrN3O/c1-8-6(11)4-2-9-3-5(7)10-4/h2-3H,1H3,(H,8,11). The minimum Gasteiger partial charge on any atom is -0.354 e. The van der Waals surface area contributed by atoms with Gasteiger partial charge in [0.15, 0.2) is 0 Å². The Hall–Kier alpha value is -0.970. The minimum atomic E-state index is -0.237. The number of rotatable bonds is 1. The Balaban J connectivity index is 2.96. The third-order valence-electron chi connectivity index (χ3n) is 1.06. The second kappa shape index (κ2) is 3.43. The van der Waals surface area contributed by atoms with Crippen molar-refractivity contribution in [2.45, 2.75) is 0 Å². The van der Waals surface area contributed by atoms with E-state index >= 15 is 0 Å². The number of aromatic nitrogens is 2. The zero-order valence-corrected chi connectivity index (χ0v) is 7.42. The van der Waals surface area contributed by atoms with Crippen LogP contribution in [0, 0.1) is 0 Å². The van der Waals surface area contributed by atoms with E-state index in [-0.39, 0.29) is 5.91 Å². The molecule has 0 fully saturated rings. The van der Waals surface area contributed by atoms with Crippen LogP contribution in [0.25, 0.3) is 0 Å². The van der Waals surface area contributed by atoms with Gasteiger partial charge >= 0.3 is 0 Å². The third-order valence-corrected chi connectivity index (χ3v) is 1.45. The topological polar surface area (TPSA) is 54.9 Å². The van der Waals surface area contributed by atoms with Crippen molar-refractivity contribution in [2.24, 2.45) is 0 Å². The van der Waals surface area contributed by atoms with Crippen LogP contribution in [0.4, 0.5) is 0 Å². The normalized spacial score (nSPS) is 9.27. The molecular weight excluding hydrogens is 210 g/mol. The number of hydrogen-bond acceptors (Lipinski definition) is 3. The lowest BCUT2D eigenvalue weighted by Crippen LogP contribution is -2.19. The maximum atomic E-state index is 10.9. The minimum absolute atomic E-state index is 0.237. The van der Waals surface area contributed by atoms with Crippen LogP contribution in [0.1, 0.15) is 10.5 Å². The number of halogens is 1. The molecule has 1 aromatic heterocycles. The Morgan fingerprint density at radius 3 is 2.91 bits per heavy atom. The Kier molecular flexibility index (Phi) is 2.53. The number of hydrogen-bond donors (Lipinski definition) is 1. The van der Waals surface area contributed by atoms with E-state index < -0.39 is 0 Å². The molecule has 1 amide bonds. The van der Waals surface area contributed by atoms with Gasteiger partial charge in [-0.05, 0) is 15.9 Å². The van der Waals surface area contributed by atoms with E-state index in [9.17, 15) is 4.79 Å². The van der Waals surface area contributed by atoms with Crippen molar-refractivity contribution >= 4 is 21.8 Å². The molecule has 58 valence electrons. The maximum Gasteiger partial charge on any atom is 0.271 e. The fraction of sp³-hybridized carbons (Fsp3) is 0.167. The lowest BCUT2D eigenvalue weighted by atomic mass is 10.4. The monoisotopic (exact) mass is 215 g/mol. The largest absolute Gasteiger partial charge is 0.354 e. The summed E-state index contributed by atoms with van der Waals surface area (Å²) in [4.78, 5) is 18.6. The van der Waals surface area contributed by atoms with E-state index in [1.807, 2.05) is 0 Å². The van der Waals surface area contributed by atoms with Gasteiger partial charge in [-0.15, -0.1) is 0 Å². The molecule has 0 spiro atoms. The first-order valence-corrected chi connectivity index (χ1v) is 3.73. The molecule has 0 radical (unpaired) electrons. The van der Waals surface area contributed by atoms with Crippen LogP contribution in [-0.4, -0.2) is 22.9 Å². The van der Waals surface area contributed by atoms with Crippen molar-refractivity contribution in [1.82, 2.24) is 15.3 Å². The lowest BCUT2D eigenvalue weighted by molar-refractivity contribution is 0.0957. The number of carbonyl (C=O) groups is 1. The van der Waals surface area contributed by atoms with Gasteiger partial charge in [0, 0.05) is 7.05 Å². The van der Waals surface area contributed by atoms with Crippen LogP contribution in [0.5, 0.6) is 0 Å². The molecule has 0 saturated carbocycles. The van der Waals surface area contributed by atoms with Gasteiger partial charge in [0.2, 0.25) is 0 Å². The van der Waals surface area contributed by atoms with Gasteiger partial charge in [-0.3, -0.25) is 9.78 Å². The van der Waals surface area contributed by atoms with Crippen LogP contribution in [0.2, 0.25) is 0 Å². The summed E-state index contributed by atoms with van der Waals surface area (Å²) in [5.74, 6) is -0.237. The van der Waals surface area contributed by atoms with Crippen molar-refractivity contribution in [3.8, 4) is 0 Å². The molecule has 1 N–H and O–H groups in total. The zero-order valence-electron chi connectivity index (χ0n) is 5.84. The Morgan fingerprint density at radius 2 is 2.36 bits per heavy atom. The molecule has 11 heavy (non-hydrogen) atoms. The SMILES string of the molecule is CNC(=O)c1cncc(Br)n1. The molecule has 4 nitrogen and oxygen atoms in total. The Morgan fingerprint density at radius 1 is 1.64 bits per heavy atom. The van der Waals surface area contributed by atoms with Crippen molar-refractivity contribution < 1.29 is 4.79 Å². The summed E-state index contributed by atoms with van der Waals surface area (Å²) in [6, 6.07) is 0. The molecule has 1 rings (SSSR count). The molecule has 0 aliphatic carbocycles. The van der Waals surface area contributed by atoms with Gasteiger partial charge in [-0.2, -0.15) is 0 Å². The maximum absolute atomic E-state index is 10.9. The Labute approximate surface area is 72.2 Å². The van der Waals surface area contributed by atoms with E-state index in [2.05, 4.69) is 31.2 Å². The fourth-order valence-electron chi connectivity index (χ4n) is 0.580. The summed E-state index contributed by atoms with van der Waals surface area (Å²) >= 11 is 3.11. The summed E-state index contributed by atoms with van der Waals surface area (Å²) in [7, 11) is 1.55. The van der Waals surface area contributed by atoms with Gasteiger partial charge in [0.05, 0.1) is 12.4 Å². The van der Waals surface area contributed by atoms with Crippen LogP contribution in [0.15, 0.2) is 17.0 Å². The summed E-state index contributed by atoms with van der Waals surface area (Å²) in [6.07, 6.45) is 2.93. The van der Waals surface area contributed by atoms with E-state index in [1.165, 1.54) is 12.4 Å². The molecular formula is C6H6BrN3O. The first kappa shape index (κ1) is 8.13. The molecule has 0 aliphatic rings.